The number of benzene rings is 2. The van der Waals surface area contributed by atoms with Gasteiger partial charge in [-0.15, -0.1) is 0 Å². The summed E-state index contributed by atoms with van der Waals surface area (Å²) in [5, 5.41) is 2.97. The van der Waals surface area contributed by atoms with Gasteiger partial charge in [0.15, 0.2) is 0 Å². The summed E-state index contributed by atoms with van der Waals surface area (Å²) < 4.78 is 26.7. The Bertz CT molecular complexity index is 832. The molecule has 0 aromatic heterocycles. The molecule has 126 valence electrons. The maximum atomic E-state index is 12.4. The normalized spacial score (nSPS) is 11.8. The van der Waals surface area contributed by atoms with E-state index in [0.717, 1.165) is 5.56 Å². The number of carbonyl (C=O) groups excluding carboxylic acids is 1. The molecule has 0 bridgehead atoms. The van der Waals surface area contributed by atoms with E-state index in [-0.39, 0.29) is 11.3 Å². The molecule has 2 aromatic rings. The van der Waals surface area contributed by atoms with Crippen molar-refractivity contribution >= 4 is 39.4 Å². The Morgan fingerprint density at radius 3 is 2.29 bits per heavy atom. The summed E-state index contributed by atoms with van der Waals surface area (Å²) in [6.07, 6.45) is 1.80. The first kappa shape index (κ1) is 18.0. The molecule has 0 aliphatic heterocycles. The number of hydrogen-bond donors (Lipinski definition) is 2. The van der Waals surface area contributed by atoms with Crippen LogP contribution in [0.2, 0.25) is 5.02 Å². The van der Waals surface area contributed by atoms with E-state index >= 15 is 0 Å². The Balaban J connectivity index is 2.12. The van der Waals surface area contributed by atoms with Crippen LogP contribution in [0.4, 0.5) is 10.5 Å². The highest BCUT2D eigenvalue weighted by Gasteiger charge is 2.19. The monoisotopic (exact) mass is 364 g/mol. The number of urea groups is 1. The van der Waals surface area contributed by atoms with Gasteiger partial charge in [0.1, 0.15) is 0 Å². The van der Waals surface area contributed by atoms with Crippen molar-refractivity contribution in [3.05, 3.63) is 70.1 Å². The van der Waals surface area contributed by atoms with Crippen LogP contribution in [-0.4, -0.2) is 14.4 Å². The molecular weight excluding hydrogens is 348 g/mol. The molecule has 5 nitrogen and oxygen atoms in total. The Kier molecular flexibility index (Phi) is 6.00. The maximum Gasteiger partial charge on any atom is 0.333 e. The lowest BCUT2D eigenvalue weighted by molar-refractivity contribution is 0.256. The first-order valence-corrected chi connectivity index (χ1v) is 9.12. The summed E-state index contributed by atoms with van der Waals surface area (Å²) in [6, 6.07) is 14.6. The van der Waals surface area contributed by atoms with E-state index in [1.807, 2.05) is 22.9 Å². The van der Waals surface area contributed by atoms with Crippen molar-refractivity contribution in [1.82, 2.24) is 4.72 Å². The van der Waals surface area contributed by atoms with Gasteiger partial charge in [0.25, 0.3) is 10.0 Å². The molecule has 0 atom stereocenters. The first-order valence-electron chi connectivity index (χ1n) is 7.25. The predicted molar refractivity (Wildman–Crippen MR) is 97.2 cm³/mol. The Morgan fingerprint density at radius 2 is 1.71 bits per heavy atom. The largest absolute Gasteiger partial charge is 0.333 e. The molecule has 2 amide bonds. The molecule has 0 saturated carbocycles. The molecule has 0 heterocycles. The van der Waals surface area contributed by atoms with Crippen LogP contribution >= 0.6 is 11.6 Å². The van der Waals surface area contributed by atoms with Gasteiger partial charge in [-0.2, -0.15) is 0 Å². The zero-order valence-corrected chi connectivity index (χ0v) is 14.6. The van der Waals surface area contributed by atoms with Gasteiger partial charge in [-0.1, -0.05) is 48.9 Å². The van der Waals surface area contributed by atoms with E-state index < -0.39 is 16.1 Å². The minimum atomic E-state index is -3.93. The van der Waals surface area contributed by atoms with Crippen molar-refractivity contribution in [3.8, 4) is 0 Å². The first-order chi connectivity index (χ1) is 11.4. The van der Waals surface area contributed by atoms with Crippen molar-refractivity contribution in [2.45, 2.75) is 13.3 Å². The molecule has 0 spiro atoms. The van der Waals surface area contributed by atoms with Crippen LogP contribution in [0.25, 0.3) is 6.08 Å². The summed E-state index contributed by atoms with van der Waals surface area (Å²) >= 11 is 5.76. The maximum absolute atomic E-state index is 12.4. The van der Waals surface area contributed by atoms with E-state index in [1.165, 1.54) is 6.08 Å². The van der Waals surface area contributed by atoms with E-state index in [4.69, 9.17) is 11.6 Å². The van der Waals surface area contributed by atoms with Gasteiger partial charge in [0.05, 0.1) is 4.91 Å². The van der Waals surface area contributed by atoms with Crippen molar-refractivity contribution in [3.63, 3.8) is 0 Å². The Labute approximate surface area is 146 Å². The van der Waals surface area contributed by atoms with E-state index in [1.54, 1.807) is 43.3 Å². The number of allylic oxidation sites excluding steroid dienone is 1. The fourth-order valence-corrected chi connectivity index (χ4v) is 3.21. The predicted octanol–water partition coefficient (Wildman–Crippen LogP) is 4.24. The van der Waals surface area contributed by atoms with Crippen molar-refractivity contribution in [1.29, 1.82) is 0 Å². The molecule has 0 unspecified atom stereocenters. The summed E-state index contributed by atoms with van der Waals surface area (Å²) in [6.45, 7) is 1.71. The number of amides is 2. The number of nitrogens with one attached hydrogen (secondary N) is 2. The molecule has 2 rings (SSSR count). The highest BCUT2D eigenvalue weighted by atomic mass is 35.5. The molecule has 0 aliphatic rings. The highest BCUT2D eigenvalue weighted by Crippen LogP contribution is 2.16. The number of anilines is 1. The fourth-order valence-electron chi connectivity index (χ4n) is 1.98. The third kappa shape index (κ3) is 5.11. The number of halogens is 1. The molecule has 0 radical (unpaired) electrons. The van der Waals surface area contributed by atoms with Crippen LogP contribution < -0.4 is 10.0 Å². The van der Waals surface area contributed by atoms with Gasteiger partial charge in [-0.25, -0.2) is 17.9 Å². The summed E-state index contributed by atoms with van der Waals surface area (Å²) in [7, 11) is -3.93. The Morgan fingerprint density at radius 1 is 1.08 bits per heavy atom. The molecule has 24 heavy (non-hydrogen) atoms. The second-order valence-corrected chi connectivity index (χ2v) is 7.11. The number of rotatable bonds is 5. The van der Waals surface area contributed by atoms with Gasteiger partial charge < -0.3 is 5.32 Å². The molecule has 0 fully saturated rings. The van der Waals surface area contributed by atoms with Crippen LogP contribution in [0.5, 0.6) is 0 Å². The molecule has 2 N–H and O–H groups in total. The third-order valence-electron chi connectivity index (χ3n) is 3.15. The van der Waals surface area contributed by atoms with Gasteiger partial charge in [0.2, 0.25) is 0 Å². The van der Waals surface area contributed by atoms with Crippen molar-refractivity contribution in [2.75, 3.05) is 5.32 Å². The second-order valence-electron chi connectivity index (χ2n) is 4.94. The smallest absolute Gasteiger partial charge is 0.307 e. The lowest BCUT2D eigenvalue weighted by Gasteiger charge is -2.10. The van der Waals surface area contributed by atoms with E-state index in [2.05, 4.69) is 5.32 Å². The van der Waals surface area contributed by atoms with E-state index in [9.17, 15) is 13.2 Å². The zero-order valence-electron chi connectivity index (χ0n) is 13.0. The van der Waals surface area contributed by atoms with Gasteiger partial charge >= 0.3 is 6.03 Å². The minimum absolute atomic E-state index is 0.125. The SMILES string of the molecule is CCC(=Cc1ccccc1)S(=O)(=O)NC(=O)Nc1ccc(Cl)cc1. The lowest BCUT2D eigenvalue weighted by atomic mass is 10.2. The van der Waals surface area contributed by atoms with E-state index in [0.29, 0.717) is 10.7 Å². The van der Waals surface area contributed by atoms with Crippen LogP contribution in [0.1, 0.15) is 18.9 Å². The number of sulfonamides is 1. The van der Waals surface area contributed by atoms with Crippen LogP contribution in [0.3, 0.4) is 0 Å². The number of hydrogen-bond acceptors (Lipinski definition) is 3. The zero-order chi connectivity index (χ0) is 17.6. The molecule has 7 heteroatoms. The fraction of sp³-hybridized carbons (Fsp3) is 0.118. The van der Waals surface area contributed by atoms with Crippen LogP contribution in [0, 0.1) is 0 Å². The highest BCUT2D eigenvalue weighted by molar-refractivity contribution is 7.94. The molecule has 0 aliphatic carbocycles. The second kappa shape index (κ2) is 7.99. The molecule has 0 saturated heterocycles. The Hall–Kier alpha value is -2.31. The van der Waals surface area contributed by atoms with Crippen molar-refractivity contribution < 1.29 is 13.2 Å². The standard InChI is InChI=1S/C17H17ClN2O3S/c1-2-16(12-13-6-4-3-5-7-13)24(22,23)20-17(21)19-15-10-8-14(18)9-11-15/h3-12H,2H2,1H3,(H2,19,20,21). The summed E-state index contributed by atoms with van der Waals surface area (Å²) in [5.41, 5.74) is 1.19. The molecule has 2 aromatic carbocycles. The molecular formula is C17H17ClN2O3S. The average molecular weight is 365 g/mol. The van der Waals surface area contributed by atoms with Gasteiger partial charge in [0, 0.05) is 10.7 Å². The van der Waals surface area contributed by atoms with Crippen molar-refractivity contribution in [2.24, 2.45) is 0 Å². The van der Waals surface area contributed by atoms with Gasteiger partial charge in [-0.05, 0) is 42.3 Å². The summed E-state index contributed by atoms with van der Waals surface area (Å²) in [4.78, 5) is 12.0. The number of carbonyl (C=O) groups is 1. The average Bonchev–Trinajstić information content (AvgIpc) is 2.55. The lowest BCUT2D eigenvalue weighted by Crippen LogP contribution is -2.35. The quantitative estimate of drug-likeness (QED) is 0.833. The summed E-state index contributed by atoms with van der Waals surface area (Å²) in [5.74, 6) is 0. The van der Waals surface area contributed by atoms with Gasteiger partial charge in [-0.3, -0.25) is 0 Å². The minimum Gasteiger partial charge on any atom is -0.307 e. The van der Waals surface area contributed by atoms with Crippen LogP contribution in [0.15, 0.2) is 59.5 Å². The topological polar surface area (TPSA) is 75.3 Å². The third-order valence-corrected chi connectivity index (χ3v) is 4.95. The van der Waals surface area contributed by atoms with Crippen LogP contribution in [-0.2, 0) is 10.0 Å².